The number of ether oxygens (including phenoxy) is 1. The fourth-order valence-electron chi connectivity index (χ4n) is 4.26. The number of hydrogen-bond acceptors (Lipinski definition) is 5. The number of amides is 1. The van der Waals surface area contributed by atoms with Crippen LogP contribution in [0, 0.1) is 19.7 Å². The molecule has 1 aliphatic heterocycles. The number of carbonyl (C=O) groups is 2. The van der Waals surface area contributed by atoms with Crippen LogP contribution in [-0.4, -0.2) is 33.8 Å². The third-order valence-corrected chi connectivity index (χ3v) is 5.68. The van der Waals surface area contributed by atoms with Crippen molar-refractivity contribution >= 4 is 17.4 Å². The van der Waals surface area contributed by atoms with Gasteiger partial charge in [0.05, 0.1) is 24.3 Å². The van der Waals surface area contributed by atoms with Gasteiger partial charge >= 0.3 is 0 Å². The van der Waals surface area contributed by atoms with Gasteiger partial charge in [-0.15, -0.1) is 0 Å². The number of hydrogen-bond donors (Lipinski definition) is 1. The monoisotopic (exact) mass is 446 g/mol. The number of Topliss-reactive ketones (excluding diaryl/α,β-unsaturated/α-hetero) is 1. The summed E-state index contributed by atoms with van der Waals surface area (Å²) in [5.74, 6) is -1.84. The molecule has 0 spiro atoms. The van der Waals surface area contributed by atoms with Gasteiger partial charge < -0.3 is 14.7 Å². The highest BCUT2D eigenvalue weighted by molar-refractivity contribution is 6.46. The Bertz CT molecular complexity index is 1250. The number of ketones is 1. The largest absolute Gasteiger partial charge is 0.507 e. The van der Waals surface area contributed by atoms with Crippen molar-refractivity contribution in [2.45, 2.75) is 26.4 Å². The molecule has 33 heavy (non-hydrogen) atoms. The maximum atomic E-state index is 13.4. The molecule has 1 fully saturated rings. The molecule has 1 unspecified atom stereocenters. The van der Waals surface area contributed by atoms with Gasteiger partial charge in [0.1, 0.15) is 17.3 Å². The van der Waals surface area contributed by atoms with Crippen LogP contribution in [0.5, 0.6) is 5.75 Å². The predicted molar refractivity (Wildman–Crippen MR) is 121 cm³/mol. The van der Waals surface area contributed by atoms with E-state index < -0.39 is 23.5 Å². The molecular formula is C26H23FN2O4. The van der Waals surface area contributed by atoms with Crippen molar-refractivity contribution in [1.82, 2.24) is 9.88 Å². The first-order valence-corrected chi connectivity index (χ1v) is 10.4. The van der Waals surface area contributed by atoms with Gasteiger partial charge in [0.25, 0.3) is 11.7 Å². The standard InChI is InChI=1S/C26H23FN2O4/c1-15-11-16(2)25(33-3)20(12-15)23(30)21-22(18-5-4-10-28-13-18)29(26(32)24(21)31)14-17-6-8-19(27)9-7-17/h4-13,22,30H,14H2,1-3H3/b23-21+. The smallest absolute Gasteiger partial charge is 0.295 e. The second kappa shape index (κ2) is 8.86. The van der Waals surface area contributed by atoms with Gasteiger partial charge in [-0.1, -0.05) is 24.3 Å². The van der Waals surface area contributed by atoms with Gasteiger partial charge in [0.2, 0.25) is 0 Å². The van der Waals surface area contributed by atoms with Crippen LogP contribution in [0.3, 0.4) is 0 Å². The van der Waals surface area contributed by atoms with E-state index in [2.05, 4.69) is 4.98 Å². The lowest BCUT2D eigenvalue weighted by atomic mass is 9.94. The number of aryl methyl sites for hydroxylation is 2. The molecule has 0 radical (unpaired) electrons. The van der Waals surface area contributed by atoms with Crippen molar-refractivity contribution in [2.75, 3.05) is 7.11 Å². The number of aliphatic hydroxyl groups is 1. The van der Waals surface area contributed by atoms with E-state index in [0.29, 0.717) is 22.4 Å². The molecule has 0 bridgehead atoms. The molecule has 1 N–H and O–H groups in total. The summed E-state index contributed by atoms with van der Waals surface area (Å²) >= 11 is 0. The molecular weight excluding hydrogens is 423 g/mol. The van der Waals surface area contributed by atoms with Gasteiger partial charge in [-0.3, -0.25) is 14.6 Å². The van der Waals surface area contributed by atoms with E-state index in [1.807, 2.05) is 19.9 Å². The van der Waals surface area contributed by atoms with E-state index >= 15 is 0 Å². The number of aromatic nitrogens is 1. The fourth-order valence-corrected chi connectivity index (χ4v) is 4.26. The molecule has 1 atom stereocenters. The van der Waals surface area contributed by atoms with Gasteiger partial charge in [-0.2, -0.15) is 0 Å². The first kappa shape index (κ1) is 22.2. The molecule has 2 heterocycles. The molecule has 0 aliphatic carbocycles. The molecule has 1 amide bonds. The van der Waals surface area contributed by atoms with Crippen LogP contribution in [0.25, 0.3) is 5.76 Å². The average Bonchev–Trinajstić information content (AvgIpc) is 3.05. The van der Waals surface area contributed by atoms with E-state index in [0.717, 1.165) is 11.1 Å². The first-order chi connectivity index (χ1) is 15.8. The Morgan fingerprint density at radius 2 is 1.88 bits per heavy atom. The molecule has 0 saturated carbocycles. The van der Waals surface area contributed by atoms with Crippen LogP contribution in [0.1, 0.15) is 33.9 Å². The van der Waals surface area contributed by atoms with E-state index in [4.69, 9.17) is 4.74 Å². The molecule has 168 valence electrons. The van der Waals surface area contributed by atoms with Crippen LogP contribution >= 0.6 is 0 Å². The first-order valence-electron chi connectivity index (χ1n) is 10.4. The lowest BCUT2D eigenvalue weighted by molar-refractivity contribution is -0.140. The Morgan fingerprint density at radius 1 is 1.15 bits per heavy atom. The summed E-state index contributed by atoms with van der Waals surface area (Å²) in [7, 11) is 1.49. The number of aliphatic hydroxyl groups excluding tert-OH is 1. The Morgan fingerprint density at radius 3 is 2.52 bits per heavy atom. The molecule has 1 aliphatic rings. The SMILES string of the molecule is COc1c(C)cc(C)cc1/C(O)=C1\C(=O)C(=O)N(Cc2ccc(F)cc2)C1c1cccnc1. The number of pyridine rings is 1. The van der Waals surface area contributed by atoms with Crippen molar-refractivity contribution in [3.05, 3.63) is 100 Å². The van der Waals surface area contributed by atoms with Crippen molar-refractivity contribution in [3.63, 3.8) is 0 Å². The number of nitrogens with zero attached hydrogens (tertiary/aromatic N) is 2. The van der Waals surface area contributed by atoms with Crippen LogP contribution < -0.4 is 4.74 Å². The van der Waals surface area contributed by atoms with Gasteiger partial charge in [0, 0.05) is 18.9 Å². The fraction of sp³-hybridized carbons (Fsp3) is 0.192. The number of methoxy groups -OCH3 is 1. The number of likely N-dealkylation sites (tertiary alicyclic amines) is 1. The topological polar surface area (TPSA) is 79.7 Å². The lowest BCUT2D eigenvalue weighted by Gasteiger charge is -2.25. The van der Waals surface area contributed by atoms with E-state index in [1.165, 1.54) is 24.1 Å². The van der Waals surface area contributed by atoms with E-state index in [9.17, 15) is 19.1 Å². The minimum absolute atomic E-state index is 0.0431. The van der Waals surface area contributed by atoms with E-state index in [1.54, 1.807) is 42.7 Å². The van der Waals surface area contributed by atoms with Gasteiger partial charge in [0.15, 0.2) is 0 Å². The van der Waals surface area contributed by atoms with Crippen molar-refractivity contribution < 1.29 is 23.8 Å². The molecule has 4 rings (SSSR count). The highest BCUT2D eigenvalue weighted by atomic mass is 19.1. The lowest BCUT2D eigenvalue weighted by Crippen LogP contribution is -2.29. The summed E-state index contributed by atoms with van der Waals surface area (Å²) in [5.41, 5.74) is 3.17. The van der Waals surface area contributed by atoms with Crippen LogP contribution in [0.15, 0.2) is 66.5 Å². The van der Waals surface area contributed by atoms with Gasteiger partial charge in [-0.25, -0.2) is 4.39 Å². The second-order valence-electron chi connectivity index (χ2n) is 8.00. The zero-order valence-corrected chi connectivity index (χ0v) is 18.5. The minimum Gasteiger partial charge on any atom is -0.507 e. The molecule has 1 aromatic heterocycles. The van der Waals surface area contributed by atoms with E-state index in [-0.39, 0.29) is 17.9 Å². The Labute approximate surface area is 191 Å². The molecule has 1 saturated heterocycles. The third-order valence-electron chi connectivity index (χ3n) is 5.68. The average molecular weight is 446 g/mol. The molecule has 3 aromatic rings. The Kier molecular flexibility index (Phi) is 5.96. The summed E-state index contributed by atoms with van der Waals surface area (Å²) < 4.78 is 18.9. The Hall–Kier alpha value is -4.00. The summed E-state index contributed by atoms with van der Waals surface area (Å²) in [6.07, 6.45) is 3.14. The highest BCUT2D eigenvalue weighted by Gasteiger charge is 2.46. The highest BCUT2D eigenvalue weighted by Crippen LogP contribution is 2.42. The van der Waals surface area contributed by atoms with Crippen molar-refractivity contribution in [3.8, 4) is 5.75 Å². The normalized spacial score (nSPS) is 17.5. The third kappa shape index (κ3) is 4.09. The quantitative estimate of drug-likeness (QED) is 0.355. The van der Waals surface area contributed by atoms with Gasteiger partial charge in [-0.05, 0) is 60.4 Å². The van der Waals surface area contributed by atoms with Crippen LogP contribution in [0.2, 0.25) is 0 Å². The summed E-state index contributed by atoms with van der Waals surface area (Å²) in [6.45, 7) is 3.77. The zero-order valence-electron chi connectivity index (χ0n) is 18.5. The van der Waals surface area contributed by atoms with Crippen LogP contribution in [-0.2, 0) is 16.1 Å². The number of carbonyl (C=O) groups excluding carboxylic acids is 2. The molecule has 7 heteroatoms. The molecule has 6 nitrogen and oxygen atoms in total. The Balaban J connectivity index is 1.90. The maximum absolute atomic E-state index is 13.4. The predicted octanol–water partition coefficient (Wildman–Crippen LogP) is 4.47. The maximum Gasteiger partial charge on any atom is 0.295 e. The van der Waals surface area contributed by atoms with Crippen LogP contribution in [0.4, 0.5) is 4.39 Å². The number of halogens is 1. The number of benzene rings is 2. The minimum atomic E-state index is -0.866. The van der Waals surface area contributed by atoms with Crippen molar-refractivity contribution in [1.29, 1.82) is 0 Å². The number of rotatable bonds is 5. The second-order valence-corrected chi connectivity index (χ2v) is 8.00. The van der Waals surface area contributed by atoms with Crippen molar-refractivity contribution in [2.24, 2.45) is 0 Å². The summed E-state index contributed by atoms with van der Waals surface area (Å²) in [4.78, 5) is 31.8. The summed E-state index contributed by atoms with van der Waals surface area (Å²) in [5, 5.41) is 11.4. The summed E-state index contributed by atoms with van der Waals surface area (Å²) in [6, 6.07) is 11.9. The molecule has 2 aromatic carbocycles. The zero-order chi connectivity index (χ0) is 23.7.